The Hall–Kier alpha value is -1.52. The molecule has 21 heavy (non-hydrogen) atoms. The van der Waals surface area contributed by atoms with Gasteiger partial charge in [0, 0.05) is 22.7 Å². The van der Waals surface area contributed by atoms with E-state index in [0.717, 1.165) is 6.42 Å². The molecule has 1 saturated carbocycles. The molecule has 0 aliphatic heterocycles. The number of aliphatic carboxylic acids is 1. The third-order valence-corrected chi connectivity index (χ3v) is 4.11. The second-order valence-corrected chi connectivity index (χ2v) is 6.07. The SMILES string of the molecule is O=C(/C=C/c1cc(Cl)cc(Cl)c1)NCC1(C(=O)O)CCC1. The highest BCUT2D eigenvalue weighted by Crippen LogP contribution is 2.40. The third kappa shape index (κ3) is 3.99. The Labute approximate surface area is 132 Å². The van der Waals surface area contributed by atoms with E-state index in [2.05, 4.69) is 5.32 Å². The second-order valence-electron chi connectivity index (χ2n) is 5.19. The smallest absolute Gasteiger partial charge is 0.311 e. The first-order valence-electron chi connectivity index (χ1n) is 6.57. The second kappa shape index (κ2) is 6.50. The molecule has 1 aliphatic carbocycles. The van der Waals surface area contributed by atoms with E-state index in [-0.39, 0.29) is 12.5 Å². The Morgan fingerprint density at radius 1 is 1.24 bits per heavy atom. The molecule has 2 N–H and O–H groups in total. The first-order chi connectivity index (χ1) is 9.91. The van der Waals surface area contributed by atoms with Gasteiger partial charge in [-0.15, -0.1) is 0 Å². The highest BCUT2D eigenvalue weighted by molar-refractivity contribution is 6.34. The van der Waals surface area contributed by atoms with Gasteiger partial charge in [0.25, 0.3) is 0 Å². The fourth-order valence-electron chi connectivity index (χ4n) is 2.23. The van der Waals surface area contributed by atoms with E-state index in [9.17, 15) is 9.59 Å². The van der Waals surface area contributed by atoms with Gasteiger partial charge < -0.3 is 10.4 Å². The summed E-state index contributed by atoms with van der Waals surface area (Å²) < 4.78 is 0. The van der Waals surface area contributed by atoms with Crippen molar-refractivity contribution in [3.8, 4) is 0 Å². The number of benzene rings is 1. The molecule has 0 saturated heterocycles. The van der Waals surface area contributed by atoms with E-state index < -0.39 is 11.4 Å². The predicted octanol–water partition coefficient (Wildman–Crippen LogP) is 3.38. The van der Waals surface area contributed by atoms with Crippen molar-refractivity contribution in [2.24, 2.45) is 5.41 Å². The fraction of sp³-hybridized carbons (Fsp3) is 0.333. The van der Waals surface area contributed by atoms with Crippen molar-refractivity contribution in [2.75, 3.05) is 6.54 Å². The number of hydrogen-bond donors (Lipinski definition) is 2. The Morgan fingerprint density at radius 2 is 1.86 bits per heavy atom. The summed E-state index contributed by atoms with van der Waals surface area (Å²) in [4.78, 5) is 22.9. The van der Waals surface area contributed by atoms with Crippen LogP contribution in [-0.2, 0) is 9.59 Å². The molecule has 1 aromatic rings. The molecule has 2 rings (SSSR count). The molecule has 1 aliphatic rings. The van der Waals surface area contributed by atoms with Crippen molar-refractivity contribution in [1.82, 2.24) is 5.32 Å². The molecule has 0 atom stereocenters. The zero-order chi connectivity index (χ0) is 15.5. The van der Waals surface area contributed by atoms with Gasteiger partial charge in [-0.1, -0.05) is 29.6 Å². The van der Waals surface area contributed by atoms with Gasteiger partial charge in [0.2, 0.25) is 5.91 Å². The maximum atomic E-state index is 11.7. The summed E-state index contributed by atoms with van der Waals surface area (Å²) in [6.07, 6.45) is 5.03. The van der Waals surface area contributed by atoms with E-state index in [0.29, 0.717) is 28.5 Å². The molecule has 0 aromatic heterocycles. The van der Waals surface area contributed by atoms with Crippen LogP contribution >= 0.6 is 23.2 Å². The molecule has 0 bridgehead atoms. The lowest BCUT2D eigenvalue weighted by atomic mass is 9.69. The number of carbonyl (C=O) groups excluding carboxylic acids is 1. The van der Waals surface area contributed by atoms with Crippen LogP contribution in [-0.4, -0.2) is 23.5 Å². The minimum Gasteiger partial charge on any atom is -0.481 e. The molecule has 0 radical (unpaired) electrons. The van der Waals surface area contributed by atoms with Crippen molar-refractivity contribution < 1.29 is 14.7 Å². The van der Waals surface area contributed by atoms with Crippen molar-refractivity contribution in [2.45, 2.75) is 19.3 Å². The minimum atomic E-state index is -0.848. The van der Waals surface area contributed by atoms with Crippen LogP contribution in [0.5, 0.6) is 0 Å². The zero-order valence-corrected chi connectivity index (χ0v) is 12.7. The van der Waals surface area contributed by atoms with Crippen molar-refractivity contribution in [3.05, 3.63) is 39.9 Å². The molecular formula is C15H15Cl2NO3. The quantitative estimate of drug-likeness (QED) is 0.815. The van der Waals surface area contributed by atoms with Crippen LogP contribution < -0.4 is 5.32 Å². The van der Waals surface area contributed by atoms with Crippen molar-refractivity contribution >= 4 is 41.2 Å². The molecular weight excluding hydrogens is 313 g/mol. The van der Waals surface area contributed by atoms with Gasteiger partial charge in [-0.2, -0.15) is 0 Å². The largest absolute Gasteiger partial charge is 0.481 e. The van der Waals surface area contributed by atoms with Crippen LogP contribution in [0.1, 0.15) is 24.8 Å². The monoisotopic (exact) mass is 327 g/mol. The fourth-order valence-corrected chi connectivity index (χ4v) is 2.77. The number of amides is 1. The number of carboxylic acid groups (broad SMARTS) is 1. The average Bonchev–Trinajstić information content (AvgIpc) is 2.33. The number of hydrogen-bond acceptors (Lipinski definition) is 2. The Morgan fingerprint density at radius 3 is 2.33 bits per heavy atom. The number of halogens is 2. The van der Waals surface area contributed by atoms with Gasteiger partial charge in [-0.3, -0.25) is 9.59 Å². The van der Waals surface area contributed by atoms with Crippen LogP contribution in [0.25, 0.3) is 6.08 Å². The highest BCUT2D eigenvalue weighted by Gasteiger charge is 2.44. The van der Waals surface area contributed by atoms with Gasteiger partial charge in [0.15, 0.2) is 0 Å². The van der Waals surface area contributed by atoms with Crippen LogP contribution in [0.15, 0.2) is 24.3 Å². The summed E-state index contributed by atoms with van der Waals surface area (Å²) in [5.41, 5.74) is -0.0812. The zero-order valence-electron chi connectivity index (χ0n) is 11.2. The van der Waals surface area contributed by atoms with Gasteiger partial charge in [0.05, 0.1) is 5.41 Å². The summed E-state index contributed by atoms with van der Waals surface area (Å²) in [6, 6.07) is 4.97. The first-order valence-corrected chi connectivity index (χ1v) is 7.32. The highest BCUT2D eigenvalue weighted by atomic mass is 35.5. The van der Waals surface area contributed by atoms with Crippen molar-refractivity contribution in [1.29, 1.82) is 0 Å². The van der Waals surface area contributed by atoms with E-state index in [1.54, 1.807) is 24.3 Å². The molecule has 0 unspecified atom stereocenters. The molecule has 1 fully saturated rings. The van der Waals surface area contributed by atoms with Gasteiger partial charge in [-0.05, 0) is 42.7 Å². The number of carboxylic acids is 1. The standard InChI is InChI=1S/C15H15Cl2NO3/c16-11-6-10(7-12(17)8-11)2-3-13(19)18-9-15(14(20)21)4-1-5-15/h2-3,6-8H,1,4-5,9H2,(H,18,19)(H,20,21)/b3-2+. The van der Waals surface area contributed by atoms with Crippen LogP contribution in [0, 0.1) is 5.41 Å². The van der Waals surface area contributed by atoms with Gasteiger partial charge in [0.1, 0.15) is 0 Å². The number of carbonyl (C=O) groups is 2. The number of rotatable bonds is 5. The van der Waals surface area contributed by atoms with Crippen LogP contribution in [0.4, 0.5) is 0 Å². The van der Waals surface area contributed by atoms with Crippen LogP contribution in [0.2, 0.25) is 10.0 Å². The Balaban J connectivity index is 1.92. The topological polar surface area (TPSA) is 66.4 Å². The summed E-state index contributed by atoms with van der Waals surface area (Å²) >= 11 is 11.7. The van der Waals surface area contributed by atoms with E-state index in [1.807, 2.05) is 0 Å². The van der Waals surface area contributed by atoms with E-state index >= 15 is 0 Å². The van der Waals surface area contributed by atoms with Gasteiger partial charge >= 0.3 is 5.97 Å². The molecule has 112 valence electrons. The predicted molar refractivity (Wildman–Crippen MR) is 82.4 cm³/mol. The van der Waals surface area contributed by atoms with E-state index in [1.165, 1.54) is 6.08 Å². The molecule has 0 spiro atoms. The molecule has 1 aromatic carbocycles. The molecule has 4 nitrogen and oxygen atoms in total. The first kappa shape index (κ1) is 15.9. The van der Waals surface area contributed by atoms with Gasteiger partial charge in [-0.25, -0.2) is 0 Å². The van der Waals surface area contributed by atoms with Crippen LogP contribution in [0.3, 0.4) is 0 Å². The number of nitrogens with one attached hydrogen (secondary N) is 1. The maximum absolute atomic E-state index is 11.7. The summed E-state index contributed by atoms with van der Waals surface area (Å²) in [6.45, 7) is 0.155. The Kier molecular flexibility index (Phi) is 4.91. The molecule has 6 heteroatoms. The minimum absolute atomic E-state index is 0.155. The average molecular weight is 328 g/mol. The maximum Gasteiger partial charge on any atom is 0.311 e. The molecule has 0 heterocycles. The summed E-state index contributed by atoms with van der Waals surface area (Å²) in [5, 5.41) is 12.8. The molecule has 1 amide bonds. The lowest BCUT2D eigenvalue weighted by molar-refractivity contribution is -0.154. The lowest BCUT2D eigenvalue weighted by Crippen LogP contribution is -2.47. The van der Waals surface area contributed by atoms with Crippen molar-refractivity contribution in [3.63, 3.8) is 0 Å². The summed E-state index contributed by atoms with van der Waals surface area (Å²) in [7, 11) is 0. The normalized spacial score (nSPS) is 16.5. The Bertz CT molecular complexity index is 574. The third-order valence-electron chi connectivity index (χ3n) is 3.68. The van der Waals surface area contributed by atoms with E-state index in [4.69, 9.17) is 28.3 Å². The lowest BCUT2D eigenvalue weighted by Gasteiger charge is -2.37. The summed E-state index contributed by atoms with van der Waals surface area (Å²) in [5.74, 6) is -1.18.